The maximum Gasteiger partial charge on any atom is 0.286 e. The maximum absolute atomic E-state index is 12.1. The molecule has 3 rings (SSSR count). The van der Waals surface area contributed by atoms with Gasteiger partial charge in [-0.3, -0.25) is 4.79 Å². The predicted octanol–water partition coefficient (Wildman–Crippen LogP) is 4.19. The van der Waals surface area contributed by atoms with Crippen LogP contribution in [0.5, 0.6) is 0 Å². The smallest absolute Gasteiger partial charge is 0.286 e. The number of hydrogen-bond acceptors (Lipinski definition) is 3. The van der Waals surface area contributed by atoms with Gasteiger partial charge in [0, 0.05) is 18.1 Å². The second-order valence-electron chi connectivity index (χ2n) is 5.23. The molecule has 5 heteroatoms. The van der Waals surface area contributed by atoms with Crippen molar-refractivity contribution in [1.29, 1.82) is 0 Å². The van der Waals surface area contributed by atoms with Crippen LogP contribution in [0.3, 0.4) is 0 Å². The molecule has 2 aliphatic rings. The standard InChI is InChI=1S/C16H17ClN2OS/c17-13-8-4-3-7-12(13)11-14-15(20)18-16(21-14)19-9-5-1-2-6-10-19/h3-4,7-8,11H,1-2,5-6,9-10H2/b14-11-. The number of carbonyl (C=O) groups excluding carboxylic acids is 1. The first kappa shape index (κ1) is 14.7. The van der Waals surface area contributed by atoms with Gasteiger partial charge in [0.15, 0.2) is 5.17 Å². The summed E-state index contributed by atoms with van der Waals surface area (Å²) in [5, 5.41) is 1.50. The Bertz CT molecular complexity index is 604. The molecule has 0 aromatic heterocycles. The summed E-state index contributed by atoms with van der Waals surface area (Å²) in [4.78, 5) is 19.2. The van der Waals surface area contributed by atoms with Crippen LogP contribution in [0.4, 0.5) is 0 Å². The van der Waals surface area contributed by atoms with Crippen LogP contribution < -0.4 is 0 Å². The molecule has 0 aliphatic carbocycles. The van der Waals surface area contributed by atoms with E-state index in [1.807, 2.05) is 30.3 Å². The molecule has 1 amide bonds. The summed E-state index contributed by atoms with van der Waals surface area (Å²) in [7, 11) is 0. The van der Waals surface area contributed by atoms with E-state index in [2.05, 4.69) is 9.89 Å². The molecule has 1 aromatic rings. The number of amidine groups is 1. The van der Waals surface area contributed by atoms with Crippen molar-refractivity contribution in [3.05, 3.63) is 39.8 Å². The van der Waals surface area contributed by atoms with E-state index >= 15 is 0 Å². The fraction of sp³-hybridized carbons (Fsp3) is 0.375. The fourth-order valence-electron chi connectivity index (χ4n) is 2.53. The van der Waals surface area contributed by atoms with Gasteiger partial charge in [-0.05, 0) is 42.3 Å². The maximum atomic E-state index is 12.1. The first-order chi connectivity index (χ1) is 10.2. The first-order valence-corrected chi connectivity index (χ1v) is 8.45. The summed E-state index contributed by atoms with van der Waals surface area (Å²) >= 11 is 7.61. The van der Waals surface area contributed by atoms with Gasteiger partial charge in [-0.15, -0.1) is 0 Å². The SMILES string of the molecule is O=C1N=C(N2CCCCCC2)S/C1=C\c1ccccc1Cl. The lowest BCUT2D eigenvalue weighted by atomic mass is 10.2. The molecule has 0 atom stereocenters. The third-order valence-corrected chi connectivity index (χ3v) is 5.07. The third kappa shape index (κ3) is 3.50. The minimum Gasteiger partial charge on any atom is -0.351 e. The monoisotopic (exact) mass is 320 g/mol. The van der Waals surface area contributed by atoms with Crippen molar-refractivity contribution in [2.24, 2.45) is 4.99 Å². The van der Waals surface area contributed by atoms with Crippen molar-refractivity contribution in [3.63, 3.8) is 0 Å². The minimum atomic E-state index is -0.154. The van der Waals surface area contributed by atoms with Crippen LogP contribution in [-0.2, 0) is 4.79 Å². The topological polar surface area (TPSA) is 32.7 Å². The number of amides is 1. The highest BCUT2D eigenvalue weighted by Gasteiger charge is 2.26. The number of hydrogen-bond donors (Lipinski definition) is 0. The van der Waals surface area contributed by atoms with E-state index in [0.717, 1.165) is 23.8 Å². The van der Waals surface area contributed by atoms with Gasteiger partial charge in [0.05, 0.1) is 4.91 Å². The quantitative estimate of drug-likeness (QED) is 0.727. The largest absolute Gasteiger partial charge is 0.351 e. The Morgan fingerprint density at radius 3 is 2.57 bits per heavy atom. The highest BCUT2D eigenvalue weighted by molar-refractivity contribution is 8.18. The molecule has 2 heterocycles. The number of carbonyl (C=O) groups is 1. The Labute approximate surface area is 134 Å². The fourth-order valence-corrected chi connectivity index (χ4v) is 3.67. The van der Waals surface area contributed by atoms with Crippen LogP contribution in [0.25, 0.3) is 6.08 Å². The molecule has 110 valence electrons. The van der Waals surface area contributed by atoms with E-state index in [4.69, 9.17) is 11.6 Å². The molecule has 2 aliphatic heterocycles. The van der Waals surface area contributed by atoms with Crippen molar-refractivity contribution < 1.29 is 4.79 Å². The Morgan fingerprint density at radius 2 is 1.86 bits per heavy atom. The lowest BCUT2D eigenvalue weighted by Crippen LogP contribution is -2.28. The zero-order valence-corrected chi connectivity index (χ0v) is 13.3. The number of nitrogens with zero attached hydrogens (tertiary/aromatic N) is 2. The Balaban J connectivity index is 1.77. The highest BCUT2D eigenvalue weighted by Crippen LogP contribution is 2.32. The molecule has 1 fully saturated rings. The average molecular weight is 321 g/mol. The van der Waals surface area contributed by atoms with Crippen LogP contribution in [-0.4, -0.2) is 29.1 Å². The summed E-state index contributed by atoms with van der Waals surface area (Å²) < 4.78 is 0. The van der Waals surface area contributed by atoms with Gasteiger partial charge < -0.3 is 4.90 Å². The summed E-state index contributed by atoms with van der Waals surface area (Å²) in [5.74, 6) is -0.154. The van der Waals surface area contributed by atoms with Gasteiger partial charge >= 0.3 is 0 Å². The average Bonchev–Trinajstić information content (AvgIpc) is 2.69. The van der Waals surface area contributed by atoms with Gasteiger partial charge in [-0.25, -0.2) is 0 Å². The summed E-state index contributed by atoms with van der Waals surface area (Å²) in [6.07, 6.45) is 6.73. The van der Waals surface area contributed by atoms with E-state index in [1.54, 1.807) is 0 Å². The van der Waals surface area contributed by atoms with Crippen LogP contribution >= 0.6 is 23.4 Å². The summed E-state index contributed by atoms with van der Waals surface area (Å²) in [6, 6.07) is 7.54. The molecule has 0 spiro atoms. The van der Waals surface area contributed by atoms with Crippen LogP contribution in [0.2, 0.25) is 5.02 Å². The van der Waals surface area contributed by atoms with Gasteiger partial charge in [-0.1, -0.05) is 42.6 Å². The zero-order valence-electron chi connectivity index (χ0n) is 11.7. The second kappa shape index (κ2) is 6.67. The van der Waals surface area contributed by atoms with Crippen molar-refractivity contribution in [3.8, 4) is 0 Å². The van der Waals surface area contributed by atoms with E-state index in [9.17, 15) is 4.79 Å². The predicted molar refractivity (Wildman–Crippen MR) is 89.5 cm³/mol. The molecule has 0 radical (unpaired) electrons. The normalized spacial score (nSPS) is 21.6. The molecule has 21 heavy (non-hydrogen) atoms. The summed E-state index contributed by atoms with van der Waals surface area (Å²) in [5.41, 5.74) is 0.863. The van der Waals surface area contributed by atoms with E-state index in [1.165, 1.54) is 37.4 Å². The molecule has 3 nitrogen and oxygen atoms in total. The van der Waals surface area contributed by atoms with E-state index < -0.39 is 0 Å². The van der Waals surface area contributed by atoms with Crippen molar-refractivity contribution >= 4 is 40.5 Å². The Hall–Kier alpha value is -1.26. The van der Waals surface area contributed by atoms with Crippen molar-refractivity contribution in [2.75, 3.05) is 13.1 Å². The lowest BCUT2D eigenvalue weighted by Gasteiger charge is -2.20. The number of thioether (sulfide) groups is 1. The third-order valence-electron chi connectivity index (χ3n) is 3.68. The highest BCUT2D eigenvalue weighted by atomic mass is 35.5. The molecular weight excluding hydrogens is 304 g/mol. The molecular formula is C16H17ClN2OS. The number of halogens is 1. The molecule has 1 saturated heterocycles. The number of rotatable bonds is 1. The molecule has 0 saturated carbocycles. The van der Waals surface area contributed by atoms with Crippen LogP contribution in [0.1, 0.15) is 31.2 Å². The Kier molecular flexibility index (Phi) is 4.66. The van der Waals surface area contributed by atoms with E-state index in [0.29, 0.717) is 9.93 Å². The van der Waals surface area contributed by atoms with Gasteiger partial charge in [0.2, 0.25) is 0 Å². The molecule has 1 aromatic carbocycles. The van der Waals surface area contributed by atoms with Gasteiger partial charge in [0.1, 0.15) is 0 Å². The van der Waals surface area contributed by atoms with Crippen molar-refractivity contribution in [2.45, 2.75) is 25.7 Å². The van der Waals surface area contributed by atoms with E-state index in [-0.39, 0.29) is 5.91 Å². The van der Waals surface area contributed by atoms with Crippen molar-refractivity contribution in [1.82, 2.24) is 4.90 Å². The lowest BCUT2D eigenvalue weighted by molar-refractivity contribution is -0.113. The van der Waals surface area contributed by atoms with Crippen LogP contribution in [0.15, 0.2) is 34.2 Å². The minimum absolute atomic E-state index is 0.154. The first-order valence-electron chi connectivity index (χ1n) is 7.26. The number of benzene rings is 1. The van der Waals surface area contributed by atoms with Gasteiger partial charge in [-0.2, -0.15) is 4.99 Å². The molecule has 0 N–H and O–H groups in total. The second-order valence-corrected chi connectivity index (χ2v) is 6.65. The Morgan fingerprint density at radius 1 is 1.14 bits per heavy atom. The number of aliphatic imine (C=N–C) groups is 1. The zero-order chi connectivity index (χ0) is 14.7. The number of likely N-dealkylation sites (tertiary alicyclic amines) is 1. The van der Waals surface area contributed by atoms with Crippen LogP contribution in [0, 0.1) is 0 Å². The molecule has 0 bridgehead atoms. The van der Waals surface area contributed by atoms with Gasteiger partial charge in [0.25, 0.3) is 5.91 Å². The molecule has 0 unspecified atom stereocenters. The summed E-state index contributed by atoms with van der Waals surface area (Å²) in [6.45, 7) is 2.00.